The van der Waals surface area contributed by atoms with Crippen molar-refractivity contribution >= 4 is 0 Å². The van der Waals surface area contributed by atoms with Crippen LogP contribution in [0.4, 0.5) is 0 Å². The molecule has 104 valence electrons. The highest BCUT2D eigenvalue weighted by atomic mass is 16.5. The smallest absolute Gasteiger partial charge is 0.122 e. The molecule has 2 heteroatoms. The SMILES string of the molecule is COc1ccccc1CC1(c2ccc(C)cc2)CNC1. The van der Waals surface area contributed by atoms with Gasteiger partial charge in [-0.05, 0) is 30.5 Å². The minimum Gasteiger partial charge on any atom is -0.496 e. The monoisotopic (exact) mass is 267 g/mol. The summed E-state index contributed by atoms with van der Waals surface area (Å²) in [6.45, 7) is 4.21. The highest BCUT2D eigenvalue weighted by molar-refractivity contribution is 5.40. The second-order valence-corrected chi connectivity index (χ2v) is 5.74. The first kappa shape index (κ1) is 13.2. The van der Waals surface area contributed by atoms with Crippen LogP contribution < -0.4 is 10.1 Å². The van der Waals surface area contributed by atoms with Gasteiger partial charge in [0.25, 0.3) is 0 Å². The van der Waals surface area contributed by atoms with Gasteiger partial charge in [0.15, 0.2) is 0 Å². The Kier molecular flexibility index (Phi) is 3.49. The summed E-state index contributed by atoms with van der Waals surface area (Å²) in [4.78, 5) is 0. The maximum atomic E-state index is 5.49. The number of rotatable bonds is 4. The first-order valence-corrected chi connectivity index (χ1v) is 7.13. The zero-order valence-corrected chi connectivity index (χ0v) is 12.1. The van der Waals surface area contributed by atoms with Gasteiger partial charge in [0.1, 0.15) is 5.75 Å². The Morgan fingerprint density at radius 2 is 1.75 bits per heavy atom. The first-order valence-electron chi connectivity index (χ1n) is 7.13. The average molecular weight is 267 g/mol. The van der Waals surface area contributed by atoms with Crippen LogP contribution in [-0.4, -0.2) is 20.2 Å². The molecule has 0 unspecified atom stereocenters. The molecule has 0 amide bonds. The summed E-state index contributed by atoms with van der Waals surface area (Å²) in [5, 5.41) is 3.43. The Labute approximate surface area is 120 Å². The Balaban J connectivity index is 1.92. The number of hydrogen-bond acceptors (Lipinski definition) is 2. The van der Waals surface area contributed by atoms with Crippen molar-refractivity contribution in [1.82, 2.24) is 5.32 Å². The second kappa shape index (κ2) is 5.29. The van der Waals surface area contributed by atoms with Gasteiger partial charge in [-0.2, -0.15) is 0 Å². The third-order valence-electron chi connectivity index (χ3n) is 4.31. The fraction of sp³-hybridized carbons (Fsp3) is 0.333. The van der Waals surface area contributed by atoms with Crippen molar-refractivity contribution < 1.29 is 4.74 Å². The lowest BCUT2D eigenvalue weighted by molar-refractivity contribution is 0.271. The summed E-state index contributed by atoms with van der Waals surface area (Å²) >= 11 is 0. The van der Waals surface area contributed by atoms with Crippen molar-refractivity contribution in [3.8, 4) is 5.75 Å². The van der Waals surface area contributed by atoms with Crippen LogP contribution in [-0.2, 0) is 11.8 Å². The van der Waals surface area contributed by atoms with Crippen LogP contribution in [0.2, 0.25) is 0 Å². The predicted octanol–water partition coefficient (Wildman–Crippen LogP) is 3.09. The van der Waals surface area contributed by atoms with Crippen molar-refractivity contribution in [2.24, 2.45) is 0 Å². The number of methoxy groups -OCH3 is 1. The van der Waals surface area contributed by atoms with Gasteiger partial charge in [-0.1, -0.05) is 48.0 Å². The number of nitrogens with one attached hydrogen (secondary N) is 1. The van der Waals surface area contributed by atoms with Gasteiger partial charge >= 0.3 is 0 Å². The molecule has 0 saturated carbocycles. The van der Waals surface area contributed by atoms with E-state index in [4.69, 9.17) is 4.74 Å². The molecule has 0 atom stereocenters. The van der Waals surface area contributed by atoms with E-state index in [1.54, 1.807) is 7.11 Å². The molecule has 2 aromatic rings. The molecule has 0 spiro atoms. The zero-order valence-electron chi connectivity index (χ0n) is 12.1. The van der Waals surface area contributed by atoms with Crippen LogP contribution in [0.15, 0.2) is 48.5 Å². The molecule has 0 bridgehead atoms. The van der Waals surface area contributed by atoms with Gasteiger partial charge in [0.2, 0.25) is 0 Å². The summed E-state index contributed by atoms with van der Waals surface area (Å²) in [5.41, 5.74) is 4.24. The van der Waals surface area contributed by atoms with Crippen molar-refractivity contribution in [3.05, 3.63) is 65.2 Å². The lowest BCUT2D eigenvalue weighted by Crippen LogP contribution is -2.58. The Hall–Kier alpha value is -1.80. The van der Waals surface area contributed by atoms with Crippen LogP contribution in [0, 0.1) is 6.92 Å². The number of para-hydroxylation sites is 1. The molecule has 1 saturated heterocycles. The predicted molar refractivity (Wildman–Crippen MR) is 82.4 cm³/mol. The fourth-order valence-electron chi connectivity index (χ4n) is 2.98. The van der Waals surface area contributed by atoms with E-state index < -0.39 is 0 Å². The summed E-state index contributed by atoms with van der Waals surface area (Å²) in [5.74, 6) is 0.992. The standard InChI is InChI=1S/C18H21NO/c1-14-7-9-16(10-8-14)18(12-19-13-18)11-15-5-3-4-6-17(15)20-2/h3-10,19H,11-13H2,1-2H3. The van der Waals surface area contributed by atoms with E-state index in [-0.39, 0.29) is 5.41 Å². The van der Waals surface area contributed by atoms with Gasteiger partial charge in [0.05, 0.1) is 7.11 Å². The molecule has 1 N–H and O–H groups in total. The van der Waals surface area contributed by atoms with E-state index in [1.165, 1.54) is 16.7 Å². The van der Waals surface area contributed by atoms with E-state index in [0.717, 1.165) is 25.3 Å². The highest BCUT2D eigenvalue weighted by Gasteiger charge is 2.39. The Morgan fingerprint density at radius 3 is 2.35 bits per heavy atom. The van der Waals surface area contributed by atoms with Crippen LogP contribution in [0.3, 0.4) is 0 Å². The molecule has 0 radical (unpaired) electrons. The number of aryl methyl sites for hydroxylation is 1. The molecule has 1 aliphatic heterocycles. The van der Waals surface area contributed by atoms with Crippen LogP contribution in [0.25, 0.3) is 0 Å². The van der Waals surface area contributed by atoms with E-state index in [0.29, 0.717) is 0 Å². The lowest BCUT2D eigenvalue weighted by atomic mass is 9.71. The quantitative estimate of drug-likeness (QED) is 0.919. The maximum Gasteiger partial charge on any atom is 0.122 e. The number of benzene rings is 2. The van der Waals surface area contributed by atoms with E-state index in [1.807, 2.05) is 12.1 Å². The fourth-order valence-corrected chi connectivity index (χ4v) is 2.98. The summed E-state index contributed by atoms with van der Waals surface area (Å²) in [7, 11) is 1.75. The molecule has 0 aliphatic carbocycles. The number of ether oxygens (including phenoxy) is 1. The molecule has 2 aromatic carbocycles. The van der Waals surface area contributed by atoms with Crippen LogP contribution in [0.1, 0.15) is 16.7 Å². The molecule has 1 aliphatic rings. The normalized spacial score (nSPS) is 16.5. The van der Waals surface area contributed by atoms with Crippen LogP contribution >= 0.6 is 0 Å². The van der Waals surface area contributed by atoms with Crippen molar-refractivity contribution in [1.29, 1.82) is 0 Å². The average Bonchev–Trinajstić information content (AvgIpc) is 2.44. The first-order chi connectivity index (χ1) is 9.73. The summed E-state index contributed by atoms with van der Waals surface area (Å²) < 4.78 is 5.49. The van der Waals surface area contributed by atoms with Gasteiger partial charge in [-0.15, -0.1) is 0 Å². The van der Waals surface area contributed by atoms with Crippen molar-refractivity contribution in [3.63, 3.8) is 0 Å². The largest absolute Gasteiger partial charge is 0.496 e. The minimum atomic E-state index is 0.211. The zero-order chi connectivity index (χ0) is 14.0. The van der Waals surface area contributed by atoms with Crippen molar-refractivity contribution in [2.45, 2.75) is 18.8 Å². The summed E-state index contributed by atoms with van der Waals surface area (Å²) in [6, 6.07) is 17.3. The van der Waals surface area contributed by atoms with E-state index in [2.05, 4.69) is 48.6 Å². The molecule has 1 fully saturated rings. The highest BCUT2D eigenvalue weighted by Crippen LogP contribution is 2.35. The van der Waals surface area contributed by atoms with E-state index in [9.17, 15) is 0 Å². The second-order valence-electron chi connectivity index (χ2n) is 5.74. The van der Waals surface area contributed by atoms with Gasteiger partial charge in [-0.25, -0.2) is 0 Å². The topological polar surface area (TPSA) is 21.3 Å². The Bertz CT molecular complexity index is 585. The van der Waals surface area contributed by atoms with Crippen molar-refractivity contribution in [2.75, 3.05) is 20.2 Å². The van der Waals surface area contributed by atoms with Crippen LogP contribution in [0.5, 0.6) is 5.75 Å². The minimum absolute atomic E-state index is 0.211. The van der Waals surface area contributed by atoms with Gasteiger partial charge in [0, 0.05) is 18.5 Å². The molecule has 2 nitrogen and oxygen atoms in total. The van der Waals surface area contributed by atoms with E-state index >= 15 is 0 Å². The molecule has 1 heterocycles. The van der Waals surface area contributed by atoms with Gasteiger partial charge < -0.3 is 10.1 Å². The molecular formula is C18H21NO. The molecule has 20 heavy (non-hydrogen) atoms. The molecule has 0 aromatic heterocycles. The lowest BCUT2D eigenvalue weighted by Gasteiger charge is -2.43. The number of hydrogen-bond donors (Lipinski definition) is 1. The third-order valence-corrected chi connectivity index (χ3v) is 4.31. The Morgan fingerprint density at radius 1 is 1.05 bits per heavy atom. The molecular weight excluding hydrogens is 246 g/mol. The molecule has 3 rings (SSSR count). The third kappa shape index (κ3) is 2.32. The summed E-state index contributed by atoms with van der Waals surface area (Å²) in [6.07, 6.45) is 1.02. The van der Waals surface area contributed by atoms with Gasteiger partial charge in [-0.3, -0.25) is 0 Å². The maximum absolute atomic E-state index is 5.49.